The van der Waals surface area contributed by atoms with E-state index in [9.17, 15) is 5.26 Å². The van der Waals surface area contributed by atoms with E-state index < -0.39 is 0 Å². The first kappa shape index (κ1) is 18.7. The first-order valence-electron chi connectivity index (χ1n) is 11.0. The van der Waals surface area contributed by atoms with E-state index in [-0.39, 0.29) is 0 Å². The number of furan rings is 2. The van der Waals surface area contributed by atoms with Crippen molar-refractivity contribution in [1.82, 2.24) is 4.98 Å². The lowest BCUT2D eigenvalue weighted by molar-refractivity contribution is 0.668. The Hall–Kier alpha value is -4.88. The molecule has 4 aromatic carbocycles. The van der Waals surface area contributed by atoms with Crippen LogP contribution in [0, 0.1) is 11.3 Å². The van der Waals surface area contributed by atoms with Gasteiger partial charge in [0.15, 0.2) is 0 Å². The van der Waals surface area contributed by atoms with Gasteiger partial charge in [0, 0.05) is 38.9 Å². The highest BCUT2D eigenvalue weighted by Gasteiger charge is 2.19. The molecular formula is C30H16N2O2. The van der Waals surface area contributed by atoms with Crippen molar-refractivity contribution < 1.29 is 8.83 Å². The van der Waals surface area contributed by atoms with Gasteiger partial charge in [-0.2, -0.15) is 5.26 Å². The quantitative estimate of drug-likeness (QED) is 0.275. The zero-order valence-electron chi connectivity index (χ0n) is 17.9. The number of nitriles is 1. The number of nitrogens with zero attached hydrogens (tertiary/aromatic N) is 2. The molecule has 0 saturated heterocycles. The van der Waals surface area contributed by atoms with Crippen molar-refractivity contribution in [3.8, 4) is 28.5 Å². The Balaban J connectivity index is 1.54. The molecule has 0 saturated carbocycles. The Kier molecular flexibility index (Phi) is 3.88. The van der Waals surface area contributed by atoms with Crippen LogP contribution in [0.15, 0.2) is 106 Å². The van der Waals surface area contributed by atoms with Crippen molar-refractivity contribution in [3.05, 3.63) is 103 Å². The van der Waals surface area contributed by atoms with Crippen molar-refractivity contribution >= 4 is 43.9 Å². The van der Waals surface area contributed by atoms with E-state index in [4.69, 9.17) is 8.83 Å². The highest BCUT2D eigenvalue weighted by molar-refractivity contribution is 6.14. The summed E-state index contributed by atoms with van der Waals surface area (Å²) in [6.45, 7) is 0. The van der Waals surface area contributed by atoms with E-state index in [0.717, 1.165) is 60.7 Å². The monoisotopic (exact) mass is 436 g/mol. The lowest BCUT2D eigenvalue weighted by atomic mass is 9.96. The highest BCUT2D eigenvalue weighted by Crippen LogP contribution is 2.42. The first-order chi connectivity index (χ1) is 16.8. The van der Waals surface area contributed by atoms with Gasteiger partial charge in [-0.3, -0.25) is 4.98 Å². The number of fused-ring (bicyclic) bond motifs is 6. The fourth-order valence-corrected chi connectivity index (χ4v) is 4.85. The van der Waals surface area contributed by atoms with E-state index in [1.165, 1.54) is 0 Å². The second kappa shape index (κ2) is 7.06. The van der Waals surface area contributed by atoms with Crippen molar-refractivity contribution in [3.63, 3.8) is 0 Å². The van der Waals surface area contributed by atoms with Gasteiger partial charge in [0.1, 0.15) is 22.3 Å². The van der Waals surface area contributed by atoms with E-state index >= 15 is 0 Å². The van der Waals surface area contributed by atoms with Crippen LogP contribution in [0.4, 0.5) is 0 Å². The molecule has 7 aromatic rings. The molecule has 0 radical (unpaired) electrons. The van der Waals surface area contributed by atoms with Gasteiger partial charge < -0.3 is 8.83 Å². The summed E-state index contributed by atoms with van der Waals surface area (Å²) in [5, 5.41) is 14.0. The molecule has 0 aliphatic heterocycles. The third-order valence-electron chi connectivity index (χ3n) is 6.40. The van der Waals surface area contributed by atoms with Crippen molar-refractivity contribution in [2.45, 2.75) is 0 Å². The fourth-order valence-electron chi connectivity index (χ4n) is 4.85. The van der Waals surface area contributed by atoms with Gasteiger partial charge in [0.2, 0.25) is 0 Å². The predicted molar refractivity (Wildman–Crippen MR) is 134 cm³/mol. The average Bonchev–Trinajstić information content (AvgIpc) is 3.46. The molecule has 0 spiro atoms. The maximum absolute atomic E-state index is 9.95. The molecule has 34 heavy (non-hydrogen) atoms. The minimum absolute atomic E-state index is 0.557. The van der Waals surface area contributed by atoms with Crippen molar-refractivity contribution in [2.24, 2.45) is 0 Å². The molecule has 4 nitrogen and oxygen atoms in total. The number of hydrogen-bond acceptors (Lipinski definition) is 4. The van der Waals surface area contributed by atoms with Gasteiger partial charge in [0.05, 0.1) is 17.3 Å². The first-order valence-corrected chi connectivity index (χ1v) is 11.0. The second-order valence-corrected chi connectivity index (χ2v) is 8.29. The summed E-state index contributed by atoms with van der Waals surface area (Å²) < 4.78 is 12.6. The molecule has 0 atom stereocenters. The molecule has 0 amide bonds. The lowest BCUT2D eigenvalue weighted by Gasteiger charge is -2.05. The second-order valence-electron chi connectivity index (χ2n) is 8.29. The minimum atomic E-state index is 0.557. The summed E-state index contributed by atoms with van der Waals surface area (Å²) in [4.78, 5) is 4.51. The molecule has 0 aliphatic carbocycles. The van der Waals surface area contributed by atoms with Crippen LogP contribution in [-0.4, -0.2) is 4.98 Å². The van der Waals surface area contributed by atoms with Crippen LogP contribution in [0.25, 0.3) is 66.3 Å². The summed E-state index contributed by atoms with van der Waals surface area (Å²) >= 11 is 0. The zero-order valence-corrected chi connectivity index (χ0v) is 17.9. The van der Waals surface area contributed by atoms with Gasteiger partial charge in [0.25, 0.3) is 0 Å². The van der Waals surface area contributed by atoms with Gasteiger partial charge in [-0.15, -0.1) is 0 Å². The lowest BCUT2D eigenvalue weighted by Crippen LogP contribution is -1.85. The van der Waals surface area contributed by atoms with Crippen LogP contribution in [0.5, 0.6) is 0 Å². The van der Waals surface area contributed by atoms with Crippen molar-refractivity contribution in [2.75, 3.05) is 0 Å². The summed E-state index contributed by atoms with van der Waals surface area (Å²) in [6.07, 6.45) is 1.78. The SMILES string of the molecule is N#Cc1ccc2c(oc3c(-c4ccccn4)cccc32)c1-c1ccc2c(c1)oc1ccccc12. The summed E-state index contributed by atoms with van der Waals surface area (Å²) in [7, 11) is 0. The minimum Gasteiger partial charge on any atom is -0.456 e. The Morgan fingerprint density at radius 1 is 0.647 bits per heavy atom. The molecule has 4 heteroatoms. The average molecular weight is 436 g/mol. The largest absolute Gasteiger partial charge is 0.456 e. The third kappa shape index (κ3) is 2.61. The van der Waals surface area contributed by atoms with Crippen LogP contribution in [-0.2, 0) is 0 Å². The number of hydrogen-bond donors (Lipinski definition) is 0. The molecular weight excluding hydrogens is 420 g/mol. The smallest absolute Gasteiger partial charge is 0.144 e. The van der Waals surface area contributed by atoms with Gasteiger partial charge >= 0.3 is 0 Å². The number of para-hydroxylation sites is 2. The maximum atomic E-state index is 9.95. The summed E-state index contributed by atoms with van der Waals surface area (Å²) in [5.74, 6) is 0. The zero-order chi connectivity index (χ0) is 22.6. The molecule has 158 valence electrons. The van der Waals surface area contributed by atoms with Gasteiger partial charge in [-0.1, -0.05) is 42.5 Å². The number of aromatic nitrogens is 1. The molecule has 0 aliphatic rings. The van der Waals surface area contributed by atoms with E-state index in [0.29, 0.717) is 11.1 Å². The predicted octanol–water partition coefficient (Wildman–Crippen LogP) is 8.09. The Morgan fingerprint density at radius 2 is 1.44 bits per heavy atom. The van der Waals surface area contributed by atoms with Crippen LogP contribution >= 0.6 is 0 Å². The van der Waals surface area contributed by atoms with Gasteiger partial charge in [-0.25, -0.2) is 0 Å². The van der Waals surface area contributed by atoms with E-state index in [2.05, 4.69) is 23.2 Å². The normalized spacial score (nSPS) is 11.5. The summed E-state index contributed by atoms with van der Waals surface area (Å²) in [5.41, 5.74) is 7.05. The standard InChI is InChI=1S/C30H16N2O2/c31-17-19-12-14-23-22-7-5-8-24(25-9-3-4-15-32-25)29(22)34-30(23)28(19)18-11-13-21-20-6-1-2-10-26(20)33-27(21)16-18/h1-16H. The van der Waals surface area contributed by atoms with E-state index in [1.807, 2.05) is 78.9 Å². The number of rotatable bonds is 2. The Bertz CT molecular complexity index is 1920. The van der Waals surface area contributed by atoms with Crippen LogP contribution < -0.4 is 0 Å². The van der Waals surface area contributed by atoms with Crippen LogP contribution in [0.1, 0.15) is 5.56 Å². The molecule has 7 rings (SSSR count). The van der Waals surface area contributed by atoms with Gasteiger partial charge in [-0.05, 0) is 54.1 Å². The number of pyridine rings is 1. The Labute approximate surface area is 194 Å². The molecule has 0 N–H and O–H groups in total. The fraction of sp³-hybridized carbons (Fsp3) is 0. The molecule has 3 heterocycles. The van der Waals surface area contributed by atoms with Crippen LogP contribution in [0.2, 0.25) is 0 Å². The molecule has 0 fully saturated rings. The number of benzene rings is 4. The van der Waals surface area contributed by atoms with Crippen molar-refractivity contribution in [1.29, 1.82) is 5.26 Å². The Morgan fingerprint density at radius 3 is 2.32 bits per heavy atom. The maximum Gasteiger partial charge on any atom is 0.144 e. The van der Waals surface area contributed by atoms with E-state index in [1.54, 1.807) is 6.20 Å². The highest BCUT2D eigenvalue weighted by atomic mass is 16.3. The molecule has 0 bridgehead atoms. The third-order valence-corrected chi connectivity index (χ3v) is 6.40. The summed E-state index contributed by atoms with van der Waals surface area (Å²) in [6, 6.07) is 32.2. The topological polar surface area (TPSA) is 63.0 Å². The van der Waals surface area contributed by atoms with Crippen LogP contribution in [0.3, 0.4) is 0 Å². The molecule has 0 unspecified atom stereocenters. The molecule has 3 aromatic heterocycles.